The molecule has 0 spiro atoms. The van der Waals surface area contributed by atoms with Crippen molar-refractivity contribution in [1.82, 2.24) is 4.57 Å². The van der Waals surface area contributed by atoms with Gasteiger partial charge in [-0.15, -0.1) is 0 Å². The lowest BCUT2D eigenvalue weighted by Crippen LogP contribution is -1.93. The van der Waals surface area contributed by atoms with Crippen LogP contribution in [0.25, 0.3) is 116 Å². The molecule has 0 atom stereocenters. The van der Waals surface area contributed by atoms with Crippen LogP contribution in [0.5, 0.6) is 0 Å². The highest BCUT2D eigenvalue weighted by atomic mass is 16.3. The van der Waals surface area contributed by atoms with Gasteiger partial charge in [0.2, 0.25) is 0 Å². The maximum atomic E-state index is 6.46. The molecule has 2 heterocycles. The number of aromatic nitrogens is 1. The number of hydrogen-bond acceptors (Lipinski definition) is 1. The van der Waals surface area contributed by atoms with E-state index >= 15 is 0 Å². The van der Waals surface area contributed by atoms with Gasteiger partial charge in [0.25, 0.3) is 0 Å². The van der Waals surface area contributed by atoms with Crippen molar-refractivity contribution in [3.05, 3.63) is 237 Å². The van der Waals surface area contributed by atoms with Gasteiger partial charge >= 0.3 is 0 Å². The third-order valence-corrected chi connectivity index (χ3v) is 12.4. The van der Waals surface area contributed by atoms with Crippen LogP contribution >= 0.6 is 0 Å². The molecule has 0 aliphatic carbocycles. The first-order valence-corrected chi connectivity index (χ1v) is 21.2. The van der Waals surface area contributed by atoms with Crippen LogP contribution in [0.4, 0.5) is 0 Å². The van der Waals surface area contributed by atoms with E-state index in [9.17, 15) is 0 Å². The van der Waals surface area contributed by atoms with E-state index in [-0.39, 0.29) is 0 Å². The van der Waals surface area contributed by atoms with Gasteiger partial charge in [-0.1, -0.05) is 164 Å². The van der Waals surface area contributed by atoms with Crippen molar-refractivity contribution < 1.29 is 4.42 Å². The van der Waals surface area contributed by atoms with E-state index in [1.165, 1.54) is 77.4 Å². The van der Waals surface area contributed by atoms with E-state index < -0.39 is 0 Å². The van der Waals surface area contributed by atoms with Crippen molar-refractivity contribution in [3.63, 3.8) is 0 Å². The summed E-state index contributed by atoms with van der Waals surface area (Å²) in [5.74, 6) is 0. The fraction of sp³-hybridized carbons (Fsp3) is 0. The minimum Gasteiger partial charge on any atom is -0.456 e. The summed E-state index contributed by atoms with van der Waals surface area (Å²) in [6.07, 6.45) is 0. The molecule has 0 fully saturated rings. The minimum absolute atomic E-state index is 0.881. The second-order valence-electron chi connectivity index (χ2n) is 16.1. The second-order valence-corrected chi connectivity index (χ2v) is 16.1. The van der Waals surface area contributed by atoms with Crippen LogP contribution < -0.4 is 0 Å². The summed E-state index contributed by atoms with van der Waals surface area (Å²) in [5, 5.41) is 4.69. The SMILES string of the molecule is c1ccc(-c2cccc(-c3cccc(-c4cccc(-c5cccc(-c6ccc7oc8ccc(-n9c%10ccccc%10c%10cc(-c%11ccccc%11)ccc%109)cc8c7c6)c5)c4)c3)c2)cc1. The second kappa shape index (κ2) is 14.8. The fourth-order valence-corrected chi connectivity index (χ4v) is 9.29. The predicted molar refractivity (Wildman–Crippen MR) is 261 cm³/mol. The number of para-hydroxylation sites is 1. The molecule has 0 saturated carbocycles. The highest BCUT2D eigenvalue weighted by Crippen LogP contribution is 2.39. The van der Waals surface area contributed by atoms with Crippen LogP contribution in [0.15, 0.2) is 241 Å². The molecule has 62 heavy (non-hydrogen) atoms. The average molecular weight is 790 g/mol. The third-order valence-electron chi connectivity index (χ3n) is 12.4. The zero-order chi connectivity index (χ0) is 41.0. The first-order chi connectivity index (χ1) is 30.7. The van der Waals surface area contributed by atoms with Crippen molar-refractivity contribution >= 4 is 43.7 Å². The molecule has 0 saturated heterocycles. The molecule has 0 amide bonds. The van der Waals surface area contributed by atoms with Crippen molar-refractivity contribution in [2.75, 3.05) is 0 Å². The Morgan fingerprint density at radius 1 is 0.226 bits per heavy atom. The van der Waals surface area contributed by atoms with Gasteiger partial charge in [-0.25, -0.2) is 0 Å². The molecule has 0 N–H and O–H groups in total. The molecule has 0 radical (unpaired) electrons. The van der Waals surface area contributed by atoms with Crippen LogP contribution in [-0.4, -0.2) is 4.57 Å². The van der Waals surface area contributed by atoms with Gasteiger partial charge in [0.05, 0.1) is 11.0 Å². The largest absolute Gasteiger partial charge is 0.456 e. The Morgan fingerprint density at radius 2 is 0.597 bits per heavy atom. The molecule has 290 valence electrons. The van der Waals surface area contributed by atoms with Crippen LogP contribution in [0.1, 0.15) is 0 Å². The van der Waals surface area contributed by atoms with Crippen LogP contribution in [-0.2, 0) is 0 Å². The Labute approximate surface area is 360 Å². The molecule has 0 bridgehead atoms. The summed E-state index contributed by atoms with van der Waals surface area (Å²) in [5.41, 5.74) is 19.6. The number of fused-ring (bicyclic) bond motifs is 6. The quantitative estimate of drug-likeness (QED) is 0.157. The average Bonchev–Trinajstić information content (AvgIpc) is 3.89. The zero-order valence-electron chi connectivity index (χ0n) is 33.9. The van der Waals surface area contributed by atoms with Gasteiger partial charge in [-0.05, 0) is 140 Å². The molecule has 0 aliphatic rings. The molecule has 2 aromatic heterocycles. The van der Waals surface area contributed by atoms with Gasteiger partial charge in [-0.3, -0.25) is 0 Å². The van der Waals surface area contributed by atoms with E-state index in [1.807, 2.05) is 0 Å². The van der Waals surface area contributed by atoms with E-state index in [4.69, 9.17) is 4.42 Å². The number of hydrogen-bond donors (Lipinski definition) is 0. The van der Waals surface area contributed by atoms with Gasteiger partial charge in [0.1, 0.15) is 11.2 Å². The Morgan fingerprint density at radius 3 is 1.15 bits per heavy atom. The van der Waals surface area contributed by atoms with Gasteiger partial charge in [-0.2, -0.15) is 0 Å². The van der Waals surface area contributed by atoms with Crippen LogP contribution in [0.3, 0.4) is 0 Å². The molecular weight excluding hydrogens is 751 g/mol. The molecule has 0 aliphatic heterocycles. The summed E-state index contributed by atoms with van der Waals surface area (Å²) in [7, 11) is 0. The van der Waals surface area contributed by atoms with Gasteiger partial charge in [0, 0.05) is 27.2 Å². The number of furan rings is 1. The molecule has 12 aromatic rings. The Bertz CT molecular complexity index is 3630. The summed E-state index contributed by atoms with van der Waals surface area (Å²) >= 11 is 0. The van der Waals surface area contributed by atoms with E-state index in [0.29, 0.717) is 0 Å². The smallest absolute Gasteiger partial charge is 0.135 e. The van der Waals surface area contributed by atoms with Crippen molar-refractivity contribution in [1.29, 1.82) is 0 Å². The molecule has 2 nitrogen and oxygen atoms in total. The first-order valence-electron chi connectivity index (χ1n) is 21.2. The summed E-state index contributed by atoms with van der Waals surface area (Å²) in [4.78, 5) is 0. The normalized spacial score (nSPS) is 11.5. The van der Waals surface area contributed by atoms with Gasteiger partial charge in [0.15, 0.2) is 0 Å². The lowest BCUT2D eigenvalue weighted by Gasteiger charge is -2.11. The fourth-order valence-electron chi connectivity index (χ4n) is 9.29. The van der Waals surface area contributed by atoms with Crippen LogP contribution in [0, 0.1) is 0 Å². The highest BCUT2D eigenvalue weighted by Gasteiger charge is 2.16. The lowest BCUT2D eigenvalue weighted by molar-refractivity contribution is 0.669. The minimum atomic E-state index is 0.881. The standard InChI is InChI=1S/C60H39NO/c1-3-13-40(14-4-1)42-17-9-18-43(33-42)44-19-10-20-45(34-44)46-21-11-22-47(35-46)48-23-12-24-49(36-48)51-28-31-59-55(38-51)56-39-52(29-32-60(56)62-59)61-57-26-8-7-25-53(57)54-37-50(27-30-58(54)61)41-15-5-2-6-16-41/h1-39H. The van der Waals surface area contributed by atoms with Crippen molar-refractivity contribution in [2.45, 2.75) is 0 Å². The number of benzene rings is 10. The van der Waals surface area contributed by atoms with Crippen LogP contribution in [0.2, 0.25) is 0 Å². The monoisotopic (exact) mass is 789 g/mol. The lowest BCUT2D eigenvalue weighted by atomic mass is 9.94. The molecule has 0 unspecified atom stereocenters. The summed E-state index contributed by atoms with van der Waals surface area (Å²) in [6, 6.07) is 85.4. The zero-order valence-corrected chi connectivity index (χ0v) is 33.9. The van der Waals surface area contributed by atoms with E-state index in [1.54, 1.807) is 0 Å². The van der Waals surface area contributed by atoms with E-state index in [0.717, 1.165) is 38.8 Å². The molecule has 2 heteroatoms. The predicted octanol–water partition coefficient (Wildman–Crippen LogP) is 16.7. The van der Waals surface area contributed by atoms with E-state index in [2.05, 4.69) is 241 Å². The van der Waals surface area contributed by atoms with Crippen molar-refractivity contribution in [3.8, 4) is 72.4 Å². The number of rotatable bonds is 7. The van der Waals surface area contributed by atoms with Gasteiger partial charge < -0.3 is 8.98 Å². The maximum absolute atomic E-state index is 6.46. The highest BCUT2D eigenvalue weighted by molar-refractivity contribution is 6.12. The Balaban J connectivity index is 0.886. The maximum Gasteiger partial charge on any atom is 0.135 e. The molecule has 10 aromatic carbocycles. The Hall–Kier alpha value is -8.20. The summed E-state index contributed by atoms with van der Waals surface area (Å²) < 4.78 is 8.84. The Kier molecular flexibility index (Phi) is 8.53. The van der Waals surface area contributed by atoms with Crippen molar-refractivity contribution in [2.24, 2.45) is 0 Å². The summed E-state index contributed by atoms with van der Waals surface area (Å²) in [6.45, 7) is 0. The number of nitrogens with zero attached hydrogens (tertiary/aromatic N) is 1. The third kappa shape index (κ3) is 6.29. The molecule has 12 rings (SSSR count). The first kappa shape index (κ1) is 35.7. The topological polar surface area (TPSA) is 18.1 Å². The molecular formula is C60H39NO.